The Kier molecular flexibility index (Phi) is 3.34. The molecule has 0 unspecified atom stereocenters. The van der Waals surface area contributed by atoms with Crippen LogP contribution in [0.15, 0.2) is 18.2 Å². The molecule has 1 aromatic carbocycles. The maximum absolute atomic E-state index is 9.83. The molecule has 0 bridgehead atoms. The molecule has 0 heterocycles. The smallest absolute Gasteiger partial charge is 0.120 e. The summed E-state index contributed by atoms with van der Waals surface area (Å²) in [4.78, 5) is 0. The van der Waals surface area contributed by atoms with E-state index in [-0.39, 0.29) is 11.8 Å². The van der Waals surface area contributed by atoms with Crippen molar-refractivity contribution in [1.29, 1.82) is 0 Å². The van der Waals surface area contributed by atoms with E-state index in [1.807, 2.05) is 6.07 Å². The summed E-state index contributed by atoms with van der Waals surface area (Å²) in [6.07, 6.45) is 4.84. The summed E-state index contributed by atoms with van der Waals surface area (Å²) in [5, 5.41) is 9.83. The number of ether oxygens (including phenoxy) is 1. The number of phenolic OH excluding ortho intramolecular Hbond substituents is 1. The van der Waals surface area contributed by atoms with Gasteiger partial charge in [0.05, 0.1) is 7.11 Å². The lowest BCUT2D eigenvalue weighted by atomic mass is 9.92. The zero-order valence-electron chi connectivity index (χ0n) is 9.65. The largest absolute Gasteiger partial charge is 0.508 e. The molecule has 1 atom stereocenters. The first-order chi connectivity index (χ1) is 7.72. The van der Waals surface area contributed by atoms with Crippen molar-refractivity contribution in [3.8, 4) is 11.5 Å². The standard InChI is InChI=1S/C13H19NO2/c1-16-10-6-7-12(15)11(8-10)13(14)9-4-2-3-5-9/h6-9,13,15H,2-5,14H2,1H3/t13-/m1/s1. The van der Waals surface area contributed by atoms with Crippen molar-refractivity contribution < 1.29 is 9.84 Å². The maximum atomic E-state index is 9.83. The van der Waals surface area contributed by atoms with Gasteiger partial charge in [0.15, 0.2) is 0 Å². The van der Waals surface area contributed by atoms with E-state index in [1.54, 1.807) is 19.2 Å². The molecule has 3 heteroatoms. The topological polar surface area (TPSA) is 55.5 Å². The van der Waals surface area contributed by atoms with Gasteiger partial charge in [0.2, 0.25) is 0 Å². The summed E-state index contributed by atoms with van der Waals surface area (Å²) in [6, 6.07) is 5.18. The van der Waals surface area contributed by atoms with Crippen LogP contribution in [0.1, 0.15) is 37.3 Å². The molecular weight excluding hydrogens is 202 g/mol. The van der Waals surface area contributed by atoms with Crippen LogP contribution in [0.4, 0.5) is 0 Å². The predicted octanol–water partition coefficient (Wildman–Crippen LogP) is 2.59. The van der Waals surface area contributed by atoms with Crippen molar-refractivity contribution in [3.63, 3.8) is 0 Å². The minimum absolute atomic E-state index is 0.0717. The minimum Gasteiger partial charge on any atom is -0.508 e. The van der Waals surface area contributed by atoms with Crippen LogP contribution in [-0.4, -0.2) is 12.2 Å². The van der Waals surface area contributed by atoms with Crippen LogP contribution in [0, 0.1) is 5.92 Å². The fourth-order valence-corrected chi connectivity index (χ4v) is 2.50. The van der Waals surface area contributed by atoms with E-state index in [2.05, 4.69) is 0 Å². The van der Waals surface area contributed by atoms with E-state index in [1.165, 1.54) is 12.8 Å². The lowest BCUT2D eigenvalue weighted by molar-refractivity contribution is 0.395. The quantitative estimate of drug-likeness (QED) is 0.824. The molecule has 0 saturated heterocycles. The van der Waals surface area contributed by atoms with Crippen molar-refractivity contribution in [3.05, 3.63) is 23.8 Å². The van der Waals surface area contributed by atoms with Gasteiger partial charge < -0.3 is 15.6 Å². The Hall–Kier alpha value is -1.22. The van der Waals surface area contributed by atoms with E-state index in [4.69, 9.17) is 10.5 Å². The predicted molar refractivity (Wildman–Crippen MR) is 63.5 cm³/mol. The Morgan fingerprint density at radius 3 is 2.69 bits per heavy atom. The number of phenols is 1. The van der Waals surface area contributed by atoms with Crippen LogP contribution < -0.4 is 10.5 Å². The molecule has 88 valence electrons. The first-order valence-electron chi connectivity index (χ1n) is 5.85. The third-order valence-corrected chi connectivity index (χ3v) is 3.50. The molecule has 3 N–H and O–H groups in total. The maximum Gasteiger partial charge on any atom is 0.120 e. The van der Waals surface area contributed by atoms with Crippen LogP contribution in [0.3, 0.4) is 0 Å². The van der Waals surface area contributed by atoms with Crippen LogP contribution >= 0.6 is 0 Å². The minimum atomic E-state index is -0.0717. The number of benzene rings is 1. The number of nitrogens with two attached hydrogens (primary N) is 1. The zero-order chi connectivity index (χ0) is 11.5. The summed E-state index contributed by atoms with van der Waals surface area (Å²) in [5.74, 6) is 1.53. The number of aromatic hydroxyl groups is 1. The summed E-state index contributed by atoms with van der Waals surface area (Å²) in [7, 11) is 1.62. The van der Waals surface area contributed by atoms with Crippen LogP contribution in [0.5, 0.6) is 11.5 Å². The average Bonchev–Trinajstić information content (AvgIpc) is 2.82. The SMILES string of the molecule is COc1ccc(O)c([C@H](N)C2CCCC2)c1. The summed E-state index contributed by atoms with van der Waals surface area (Å²) in [6.45, 7) is 0. The summed E-state index contributed by atoms with van der Waals surface area (Å²) >= 11 is 0. The average molecular weight is 221 g/mol. The fraction of sp³-hybridized carbons (Fsp3) is 0.538. The lowest BCUT2D eigenvalue weighted by Crippen LogP contribution is -2.19. The van der Waals surface area contributed by atoms with Gasteiger partial charge in [0.1, 0.15) is 11.5 Å². The van der Waals surface area contributed by atoms with Gasteiger partial charge in [-0.3, -0.25) is 0 Å². The van der Waals surface area contributed by atoms with Crippen LogP contribution in [-0.2, 0) is 0 Å². The normalized spacial score (nSPS) is 18.6. The highest BCUT2D eigenvalue weighted by molar-refractivity contribution is 5.41. The van der Waals surface area contributed by atoms with Crippen molar-refractivity contribution in [2.24, 2.45) is 11.7 Å². The van der Waals surface area contributed by atoms with E-state index < -0.39 is 0 Å². The molecule has 16 heavy (non-hydrogen) atoms. The Balaban J connectivity index is 2.23. The first kappa shape index (κ1) is 11.3. The highest BCUT2D eigenvalue weighted by Crippen LogP contribution is 2.38. The monoisotopic (exact) mass is 221 g/mol. The number of hydrogen-bond donors (Lipinski definition) is 2. The molecule has 1 aromatic rings. The number of hydrogen-bond acceptors (Lipinski definition) is 3. The molecule has 2 rings (SSSR count). The highest BCUT2D eigenvalue weighted by Gasteiger charge is 2.25. The van der Waals surface area contributed by atoms with Crippen LogP contribution in [0.25, 0.3) is 0 Å². The first-order valence-corrected chi connectivity index (χ1v) is 5.85. The third-order valence-electron chi connectivity index (χ3n) is 3.50. The lowest BCUT2D eigenvalue weighted by Gasteiger charge is -2.20. The number of methoxy groups -OCH3 is 1. The van der Waals surface area contributed by atoms with Gasteiger partial charge in [0, 0.05) is 11.6 Å². The molecule has 0 amide bonds. The molecule has 3 nitrogen and oxygen atoms in total. The number of rotatable bonds is 3. The van der Waals surface area contributed by atoms with Crippen molar-refractivity contribution in [1.82, 2.24) is 0 Å². The molecule has 1 aliphatic rings. The van der Waals surface area contributed by atoms with E-state index in [9.17, 15) is 5.11 Å². The molecule has 0 aliphatic heterocycles. The second-order valence-electron chi connectivity index (χ2n) is 4.50. The Morgan fingerprint density at radius 2 is 2.06 bits per heavy atom. The van der Waals surface area contributed by atoms with Gasteiger partial charge in [-0.05, 0) is 37.0 Å². The summed E-state index contributed by atoms with van der Waals surface area (Å²) < 4.78 is 5.16. The molecule has 0 radical (unpaired) electrons. The van der Waals surface area contributed by atoms with Gasteiger partial charge in [-0.25, -0.2) is 0 Å². The molecule has 0 aromatic heterocycles. The molecule has 1 fully saturated rings. The third kappa shape index (κ3) is 2.14. The molecule has 1 saturated carbocycles. The highest BCUT2D eigenvalue weighted by atomic mass is 16.5. The fourth-order valence-electron chi connectivity index (χ4n) is 2.50. The van der Waals surface area contributed by atoms with Crippen LogP contribution in [0.2, 0.25) is 0 Å². The van der Waals surface area contributed by atoms with Gasteiger partial charge in [-0.1, -0.05) is 12.8 Å². The Labute approximate surface area is 96.2 Å². The molecular formula is C13H19NO2. The van der Waals surface area contributed by atoms with E-state index >= 15 is 0 Å². The van der Waals surface area contributed by atoms with Crippen molar-refractivity contribution >= 4 is 0 Å². The van der Waals surface area contributed by atoms with Gasteiger partial charge in [0.25, 0.3) is 0 Å². The van der Waals surface area contributed by atoms with Gasteiger partial charge in [-0.15, -0.1) is 0 Å². The summed E-state index contributed by atoms with van der Waals surface area (Å²) in [5.41, 5.74) is 7.02. The zero-order valence-corrected chi connectivity index (χ0v) is 9.65. The van der Waals surface area contributed by atoms with Crippen molar-refractivity contribution in [2.45, 2.75) is 31.7 Å². The van der Waals surface area contributed by atoms with E-state index in [0.717, 1.165) is 24.2 Å². The van der Waals surface area contributed by atoms with Gasteiger partial charge >= 0.3 is 0 Å². The van der Waals surface area contributed by atoms with Gasteiger partial charge in [-0.2, -0.15) is 0 Å². The Morgan fingerprint density at radius 1 is 1.38 bits per heavy atom. The molecule has 1 aliphatic carbocycles. The van der Waals surface area contributed by atoms with Crippen molar-refractivity contribution in [2.75, 3.05) is 7.11 Å². The second-order valence-corrected chi connectivity index (χ2v) is 4.50. The Bertz CT molecular complexity index is 359. The van der Waals surface area contributed by atoms with E-state index in [0.29, 0.717) is 5.92 Å². The second kappa shape index (κ2) is 4.74. The molecule has 0 spiro atoms.